The molecule has 7 heteroatoms. The number of likely N-dealkylation sites (tertiary alicyclic amines) is 1. The van der Waals surface area contributed by atoms with Crippen LogP contribution in [-0.2, 0) is 4.79 Å². The van der Waals surface area contributed by atoms with Crippen LogP contribution in [0.1, 0.15) is 41.7 Å². The molecular weight excluding hydrogens is 387 g/mol. The van der Waals surface area contributed by atoms with Gasteiger partial charge in [-0.2, -0.15) is 0 Å². The summed E-state index contributed by atoms with van der Waals surface area (Å²) in [6, 6.07) is 6.74. The second-order valence-electron chi connectivity index (χ2n) is 6.89. The zero-order valence-electron chi connectivity index (χ0n) is 15.3. The van der Waals surface area contributed by atoms with Crippen LogP contribution in [-0.4, -0.2) is 41.8 Å². The van der Waals surface area contributed by atoms with Crippen LogP contribution in [0.25, 0.3) is 0 Å². The van der Waals surface area contributed by atoms with Crippen LogP contribution in [0.15, 0.2) is 41.2 Å². The van der Waals surface area contributed by atoms with Gasteiger partial charge in [0, 0.05) is 30.2 Å². The zero-order chi connectivity index (χ0) is 19.6. The van der Waals surface area contributed by atoms with Gasteiger partial charge in [-0.25, -0.2) is 0 Å². The number of nitrogens with zero attached hydrogens (tertiary/aromatic N) is 2. The molecule has 2 aromatic rings. The van der Waals surface area contributed by atoms with Crippen molar-refractivity contribution in [1.82, 2.24) is 9.80 Å². The number of amides is 2. The lowest BCUT2D eigenvalue weighted by atomic mass is 9.95. The number of carbonyl (C=O) groups excluding carboxylic acids is 2. The predicted octanol–water partition coefficient (Wildman–Crippen LogP) is 4.66. The minimum atomic E-state index is -0.229. The Bertz CT molecular complexity index is 823. The molecule has 0 saturated carbocycles. The lowest BCUT2D eigenvalue weighted by Gasteiger charge is -2.35. The Hall–Kier alpha value is -1.98. The average Bonchev–Trinajstić information content (AvgIpc) is 3.20. The van der Waals surface area contributed by atoms with Crippen molar-refractivity contribution in [2.75, 3.05) is 20.1 Å². The van der Waals surface area contributed by atoms with Crippen molar-refractivity contribution in [3.63, 3.8) is 0 Å². The molecule has 2 atom stereocenters. The summed E-state index contributed by atoms with van der Waals surface area (Å²) in [5.74, 6) is -0.316. The number of carbonyl (C=O) groups is 2. The molecule has 27 heavy (non-hydrogen) atoms. The molecule has 5 nitrogen and oxygen atoms in total. The summed E-state index contributed by atoms with van der Waals surface area (Å²) in [6.07, 6.45) is 4.47. The van der Waals surface area contributed by atoms with Gasteiger partial charge in [-0.1, -0.05) is 29.3 Å². The molecule has 1 fully saturated rings. The summed E-state index contributed by atoms with van der Waals surface area (Å²) in [5.41, 5.74) is 1.36. The fraction of sp³-hybridized carbons (Fsp3) is 0.400. The number of halogens is 2. The second-order valence-corrected chi connectivity index (χ2v) is 7.74. The summed E-state index contributed by atoms with van der Waals surface area (Å²) in [6.45, 7) is 2.99. The monoisotopic (exact) mass is 408 g/mol. The largest absolute Gasteiger partial charge is 0.472 e. The van der Waals surface area contributed by atoms with Gasteiger partial charge in [-0.15, -0.1) is 0 Å². The maximum atomic E-state index is 13.0. The van der Waals surface area contributed by atoms with Gasteiger partial charge in [0.2, 0.25) is 5.91 Å². The summed E-state index contributed by atoms with van der Waals surface area (Å²) < 4.78 is 4.99. The minimum Gasteiger partial charge on any atom is -0.472 e. The maximum Gasteiger partial charge on any atom is 0.257 e. The van der Waals surface area contributed by atoms with E-state index in [-0.39, 0.29) is 23.8 Å². The van der Waals surface area contributed by atoms with Crippen molar-refractivity contribution in [3.8, 4) is 0 Å². The molecule has 2 amide bonds. The summed E-state index contributed by atoms with van der Waals surface area (Å²) in [4.78, 5) is 29.0. The van der Waals surface area contributed by atoms with Gasteiger partial charge >= 0.3 is 0 Å². The summed E-state index contributed by atoms with van der Waals surface area (Å²) in [7, 11) is 1.77. The van der Waals surface area contributed by atoms with Crippen molar-refractivity contribution in [3.05, 3.63) is 58.0 Å². The fourth-order valence-electron chi connectivity index (χ4n) is 3.46. The molecule has 1 saturated heterocycles. The lowest BCUT2D eigenvalue weighted by Crippen LogP contribution is -2.46. The van der Waals surface area contributed by atoms with E-state index < -0.39 is 0 Å². The topological polar surface area (TPSA) is 53.8 Å². The van der Waals surface area contributed by atoms with Gasteiger partial charge in [-0.3, -0.25) is 9.59 Å². The van der Waals surface area contributed by atoms with E-state index in [1.807, 2.05) is 13.0 Å². The van der Waals surface area contributed by atoms with E-state index in [0.29, 0.717) is 28.7 Å². The molecule has 1 aromatic carbocycles. The zero-order valence-corrected chi connectivity index (χ0v) is 16.8. The van der Waals surface area contributed by atoms with Crippen molar-refractivity contribution in [2.24, 2.45) is 5.92 Å². The third kappa shape index (κ3) is 4.30. The van der Waals surface area contributed by atoms with Gasteiger partial charge in [0.1, 0.15) is 6.26 Å². The van der Waals surface area contributed by atoms with Crippen LogP contribution in [0.5, 0.6) is 0 Å². The predicted molar refractivity (Wildman–Crippen MR) is 105 cm³/mol. The second kappa shape index (κ2) is 8.36. The Morgan fingerprint density at radius 2 is 2.07 bits per heavy atom. The molecule has 1 aliphatic rings. The van der Waals surface area contributed by atoms with Crippen molar-refractivity contribution < 1.29 is 14.0 Å². The van der Waals surface area contributed by atoms with E-state index >= 15 is 0 Å². The van der Waals surface area contributed by atoms with Gasteiger partial charge < -0.3 is 14.2 Å². The van der Waals surface area contributed by atoms with E-state index in [0.717, 1.165) is 18.4 Å². The Morgan fingerprint density at radius 3 is 2.74 bits per heavy atom. The van der Waals surface area contributed by atoms with Crippen LogP contribution >= 0.6 is 23.2 Å². The van der Waals surface area contributed by atoms with Gasteiger partial charge in [-0.05, 0) is 43.5 Å². The van der Waals surface area contributed by atoms with Crippen LogP contribution in [0.2, 0.25) is 10.0 Å². The Morgan fingerprint density at radius 1 is 1.30 bits per heavy atom. The maximum absolute atomic E-state index is 13.0. The Kier molecular flexibility index (Phi) is 6.12. The normalized spacial score (nSPS) is 18.2. The third-order valence-electron chi connectivity index (χ3n) is 5.17. The van der Waals surface area contributed by atoms with Crippen molar-refractivity contribution in [1.29, 1.82) is 0 Å². The molecular formula is C20H22Cl2N2O3. The first-order chi connectivity index (χ1) is 12.9. The smallest absolute Gasteiger partial charge is 0.257 e. The Labute approximate surface area is 168 Å². The van der Waals surface area contributed by atoms with E-state index in [4.69, 9.17) is 27.6 Å². The number of hydrogen-bond acceptors (Lipinski definition) is 3. The van der Waals surface area contributed by atoms with Crippen LogP contribution in [0.3, 0.4) is 0 Å². The molecule has 3 rings (SSSR count). The summed E-state index contributed by atoms with van der Waals surface area (Å²) in [5, 5.41) is 1.10. The molecule has 0 bridgehead atoms. The lowest BCUT2D eigenvalue weighted by molar-refractivity contribution is -0.137. The van der Waals surface area contributed by atoms with Crippen LogP contribution < -0.4 is 0 Å². The molecule has 1 aliphatic heterocycles. The van der Waals surface area contributed by atoms with Gasteiger partial charge in [0.05, 0.1) is 23.8 Å². The molecule has 0 unspecified atom stereocenters. The Balaban J connectivity index is 1.69. The standard InChI is InChI=1S/C20H22Cl2N2O3/c1-13(17-6-5-16(21)10-18(17)22)23(2)19(25)14-4-3-8-24(11-14)20(26)15-7-9-27-12-15/h5-7,9-10,12-14H,3-4,8,11H2,1-2H3/t13-,14+/m1/s1. The molecule has 1 aromatic heterocycles. The van der Waals surface area contributed by atoms with Crippen LogP contribution in [0, 0.1) is 5.92 Å². The van der Waals surface area contributed by atoms with E-state index in [2.05, 4.69) is 0 Å². The van der Waals surface area contributed by atoms with E-state index in [1.165, 1.54) is 12.5 Å². The molecule has 2 heterocycles. The highest BCUT2D eigenvalue weighted by Crippen LogP contribution is 2.31. The van der Waals surface area contributed by atoms with E-state index in [9.17, 15) is 9.59 Å². The number of rotatable bonds is 4. The van der Waals surface area contributed by atoms with Crippen molar-refractivity contribution in [2.45, 2.75) is 25.8 Å². The van der Waals surface area contributed by atoms with E-state index in [1.54, 1.807) is 35.0 Å². The third-order valence-corrected chi connectivity index (χ3v) is 5.73. The highest BCUT2D eigenvalue weighted by Gasteiger charge is 2.32. The van der Waals surface area contributed by atoms with Gasteiger partial charge in [0.15, 0.2) is 0 Å². The number of benzene rings is 1. The molecule has 144 valence electrons. The number of piperidine rings is 1. The number of hydrogen-bond donors (Lipinski definition) is 0. The quantitative estimate of drug-likeness (QED) is 0.738. The molecule has 0 aliphatic carbocycles. The van der Waals surface area contributed by atoms with Gasteiger partial charge in [0.25, 0.3) is 5.91 Å². The highest BCUT2D eigenvalue weighted by atomic mass is 35.5. The first-order valence-electron chi connectivity index (χ1n) is 8.91. The fourth-order valence-corrected chi connectivity index (χ4v) is 4.03. The minimum absolute atomic E-state index is 0.0122. The van der Waals surface area contributed by atoms with Crippen LogP contribution in [0.4, 0.5) is 0 Å². The average molecular weight is 409 g/mol. The molecule has 0 spiro atoms. The molecule has 0 radical (unpaired) electrons. The highest BCUT2D eigenvalue weighted by molar-refractivity contribution is 6.35. The number of furan rings is 1. The first kappa shape index (κ1) is 19.8. The molecule has 0 N–H and O–H groups in total. The first-order valence-corrected chi connectivity index (χ1v) is 9.67. The van der Waals surface area contributed by atoms with Crippen molar-refractivity contribution >= 4 is 35.0 Å². The SMILES string of the molecule is C[C@H](c1ccc(Cl)cc1Cl)N(C)C(=O)[C@H]1CCCN(C(=O)c2ccoc2)C1. The summed E-state index contributed by atoms with van der Waals surface area (Å²) >= 11 is 12.3.